The highest BCUT2D eigenvalue weighted by molar-refractivity contribution is 7.89. The molecular formula is C18H21N3O6S. The van der Waals surface area contributed by atoms with E-state index in [0.29, 0.717) is 10.4 Å². The van der Waals surface area contributed by atoms with Crippen LogP contribution in [0.1, 0.15) is 31.1 Å². The molecule has 0 aliphatic carbocycles. The van der Waals surface area contributed by atoms with Crippen molar-refractivity contribution in [2.75, 3.05) is 5.32 Å². The first-order valence-electron chi connectivity index (χ1n) is 8.41. The van der Waals surface area contributed by atoms with Gasteiger partial charge in [0.25, 0.3) is 5.91 Å². The lowest BCUT2D eigenvalue weighted by Gasteiger charge is -2.14. The van der Waals surface area contributed by atoms with E-state index in [1.165, 1.54) is 43.3 Å². The molecule has 0 aliphatic rings. The van der Waals surface area contributed by atoms with E-state index in [1.807, 2.05) is 0 Å². The van der Waals surface area contributed by atoms with Crippen molar-refractivity contribution in [3.05, 3.63) is 59.6 Å². The number of esters is 1. The van der Waals surface area contributed by atoms with Gasteiger partial charge in [-0.1, -0.05) is 0 Å². The molecule has 1 heterocycles. The fourth-order valence-corrected chi connectivity index (χ4v) is 3.42. The number of sulfonamides is 1. The fourth-order valence-electron chi connectivity index (χ4n) is 2.17. The number of carbonyl (C=O) groups is 2. The summed E-state index contributed by atoms with van der Waals surface area (Å²) in [6, 6.07) is 7.91. The lowest BCUT2D eigenvalue weighted by Crippen LogP contribution is -2.31. The second kappa shape index (κ2) is 8.81. The second-order valence-electron chi connectivity index (χ2n) is 6.28. The first-order valence-corrected chi connectivity index (χ1v) is 9.90. The van der Waals surface area contributed by atoms with Crippen molar-refractivity contribution in [3.63, 3.8) is 0 Å². The molecule has 1 amide bonds. The van der Waals surface area contributed by atoms with Crippen LogP contribution in [0, 0.1) is 5.21 Å². The lowest BCUT2D eigenvalue weighted by molar-refractivity contribution is -0.605. The van der Waals surface area contributed by atoms with Gasteiger partial charge in [-0.15, -0.1) is 0 Å². The Labute approximate surface area is 163 Å². The molecule has 2 aromatic rings. The molecular weight excluding hydrogens is 386 g/mol. The number of nitrogens with zero attached hydrogens (tertiary/aromatic N) is 1. The summed E-state index contributed by atoms with van der Waals surface area (Å²) in [6.07, 6.45) is 1.19. The highest BCUT2D eigenvalue weighted by Gasteiger charge is 2.20. The minimum atomic E-state index is -3.63. The number of amides is 1. The number of ether oxygens (including phenoxy) is 1. The zero-order chi connectivity index (χ0) is 20.9. The Morgan fingerprint density at radius 2 is 1.61 bits per heavy atom. The van der Waals surface area contributed by atoms with E-state index >= 15 is 0 Å². The van der Waals surface area contributed by atoms with E-state index in [2.05, 4.69) is 10.0 Å². The predicted octanol–water partition coefficient (Wildman–Crippen LogP) is 1.19. The van der Waals surface area contributed by atoms with Crippen molar-refractivity contribution in [2.45, 2.75) is 37.8 Å². The lowest BCUT2D eigenvalue weighted by atomic mass is 10.2. The number of anilines is 1. The summed E-state index contributed by atoms with van der Waals surface area (Å²) in [6.45, 7) is 4.82. The molecule has 0 saturated carbocycles. The summed E-state index contributed by atoms with van der Waals surface area (Å²) in [7, 11) is -3.63. The predicted molar refractivity (Wildman–Crippen MR) is 101 cm³/mol. The summed E-state index contributed by atoms with van der Waals surface area (Å²) in [5.41, 5.74) is 0.488. The molecule has 0 fully saturated rings. The van der Waals surface area contributed by atoms with Gasteiger partial charge in [-0.2, -0.15) is 4.73 Å². The summed E-state index contributed by atoms with van der Waals surface area (Å²) in [5.74, 6) is -1.33. The SMILES string of the molecule is CC(C)NS(=O)(=O)c1ccc(NC(=O)[C@H](C)OC(=O)c2cc[n+]([O-])cc2)cc1. The number of pyridine rings is 1. The third kappa shape index (κ3) is 5.76. The zero-order valence-corrected chi connectivity index (χ0v) is 16.4. The zero-order valence-electron chi connectivity index (χ0n) is 15.6. The van der Waals surface area contributed by atoms with Gasteiger partial charge in [-0.25, -0.2) is 17.9 Å². The summed E-state index contributed by atoms with van der Waals surface area (Å²) in [4.78, 5) is 24.2. The molecule has 150 valence electrons. The quantitative estimate of drug-likeness (QED) is 0.403. The van der Waals surface area contributed by atoms with E-state index in [1.54, 1.807) is 13.8 Å². The van der Waals surface area contributed by atoms with Crippen molar-refractivity contribution in [1.82, 2.24) is 4.72 Å². The highest BCUT2D eigenvalue weighted by atomic mass is 32.2. The smallest absolute Gasteiger partial charge is 0.339 e. The number of benzene rings is 1. The maximum absolute atomic E-state index is 12.2. The average molecular weight is 407 g/mol. The third-order valence-electron chi connectivity index (χ3n) is 3.51. The van der Waals surface area contributed by atoms with Gasteiger partial charge < -0.3 is 15.3 Å². The molecule has 0 aliphatic heterocycles. The second-order valence-corrected chi connectivity index (χ2v) is 8.00. The number of carbonyl (C=O) groups excluding carboxylic acids is 2. The number of hydrogen-bond acceptors (Lipinski definition) is 6. The van der Waals surface area contributed by atoms with Crippen LogP contribution in [0.25, 0.3) is 0 Å². The Balaban J connectivity index is 1.98. The van der Waals surface area contributed by atoms with Crippen molar-refractivity contribution in [3.8, 4) is 0 Å². The van der Waals surface area contributed by atoms with Crippen LogP contribution in [0.2, 0.25) is 0 Å². The number of rotatable bonds is 7. The minimum absolute atomic E-state index is 0.0679. The van der Waals surface area contributed by atoms with Crippen LogP contribution in [-0.4, -0.2) is 32.4 Å². The summed E-state index contributed by atoms with van der Waals surface area (Å²) >= 11 is 0. The van der Waals surface area contributed by atoms with E-state index in [4.69, 9.17) is 4.74 Å². The third-order valence-corrected chi connectivity index (χ3v) is 5.19. The number of nitrogens with one attached hydrogen (secondary N) is 2. The van der Waals surface area contributed by atoms with Crippen LogP contribution >= 0.6 is 0 Å². The molecule has 0 bridgehead atoms. The molecule has 1 atom stereocenters. The topological polar surface area (TPSA) is 129 Å². The van der Waals surface area contributed by atoms with Crippen molar-refractivity contribution in [1.29, 1.82) is 0 Å². The molecule has 0 radical (unpaired) electrons. The normalized spacial score (nSPS) is 12.4. The van der Waals surface area contributed by atoms with Crippen molar-refractivity contribution < 1.29 is 27.5 Å². The monoisotopic (exact) mass is 407 g/mol. The molecule has 0 unspecified atom stereocenters. The van der Waals surface area contributed by atoms with Gasteiger partial charge in [0.1, 0.15) is 0 Å². The van der Waals surface area contributed by atoms with Gasteiger partial charge in [0.2, 0.25) is 10.0 Å². The van der Waals surface area contributed by atoms with Crippen molar-refractivity contribution >= 4 is 27.6 Å². The Bertz CT molecular complexity index is 940. The number of aromatic nitrogens is 1. The van der Waals surface area contributed by atoms with Crippen LogP contribution in [0.5, 0.6) is 0 Å². The largest absolute Gasteiger partial charge is 0.619 e. The van der Waals surface area contributed by atoms with Crippen LogP contribution in [0.15, 0.2) is 53.7 Å². The molecule has 2 N–H and O–H groups in total. The average Bonchev–Trinajstić information content (AvgIpc) is 2.61. The molecule has 10 heteroatoms. The van der Waals surface area contributed by atoms with E-state index in [9.17, 15) is 23.2 Å². The molecule has 1 aromatic carbocycles. The van der Waals surface area contributed by atoms with Gasteiger partial charge in [-0.3, -0.25) is 4.79 Å². The summed E-state index contributed by atoms with van der Waals surface area (Å²) < 4.78 is 32.2. The van der Waals surface area contributed by atoms with Gasteiger partial charge in [-0.05, 0) is 45.0 Å². The first-order chi connectivity index (χ1) is 13.1. The van der Waals surface area contributed by atoms with E-state index < -0.39 is 28.0 Å². The Kier molecular flexibility index (Phi) is 6.71. The van der Waals surface area contributed by atoms with E-state index in [-0.39, 0.29) is 16.5 Å². The van der Waals surface area contributed by atoms with Crippen molar-refractivity contribution in [2.24, 2.45) is 0 Å². The Hall–Kier alpha value is -2.98. The molecule has 0 spiro atoms. The Morgan fingerprint density at radius 3 is 2.14 bits per heavy atom. The van der Waals surface area contributed by atoms with Gasteiger partial charge in [0.05, 0.1) is 10.5 Å². The fraction of sp³-hybridized carbons (Fsp3) is 0.278. The molecule has 9 nitrogen and oxygen atoms in total. The maximum atomic E-state index is 12.2. The van der Waals surface area contributed by atoms with Gasteiger partial charge in [0, 0.05) is 23.9 Å². The molecule has 1 aromatic heterocycles. The molecule has 2 rings (SSSR count). The maximum Gasteiger partial charge on any atom is 0.339 e. The van der Waals surface area contributed by atoms with E-state index in [0.717, 1.165) is 12.4 Å². The van der Waals surface area contributed by atoms with Gasteiger partial charge in [0.15, 0.2) is 18.5 Å². The summed E-state index contributed by atoms with van der Waals surface area (Å²) in [5, 5.41) is 13.5. The van der Waals surface area contributed by atoms with Crippen LogP contribution < -0.4 is 14.8 Å². The first kappa shape index (κ1) is 21.3. The van der Waals surface area contributed by atoms with Crippen LogP contribution in [0.4, 0.5) is 5.69 Å². The Morgan fingerprint density at radius 1 is 1.04 bits per heavy atom. The van der Waals surface area contributed by atoms with Crippen LogP contribution in [-0.2, 0) is 19.6 Å². The van der Waals surface area contributed by atoms with Gasteiger partial charge >= 0.3 is 5.97 Å². The molecule has 0 saturated heterocycles. The standard InChI is InChI=1S/C18H21N3O6S/c1-12(2)20-28(25,26)16-6-4-15(5-7-16)19-17(22)13(3)27-18(23)14-8-10-21(24)11-9-14/h4-13,20H,1-3H3,(H,19,22)/t13-/m0/s1. The molecule has 28 heavy (non-hydrogen) atoms. The minimum Gasteiger partial charge on any atom is -0.619 e. The highest BCUT2D eigenvalue weighted by Crippen LogP contribution is 2.15. The number of hydrogen-bond donors (Lipinski definition) is 2. The van der Waals surface area contributed by atoms with Crippen LogP contribution in [0.3, 0.4) is 0 Å².